The van der Waals surface area contributed by atoms with Crippen LogP contribution in [0, 0.1) is 0 Å². The van der Waals surface area contributed by atoms with Gasteiger partial charge in [0.1, 0.15) is 0 Å². The molecule has 2 atom stereocenters. The van der Waals surface area contributed by atoms with Crippen LogP contribution in [-0.4, -0.2) is 132 Å². The summed E-state index contributed by atoms with van der Waals surface area (Å²) in [6.07, 6.45) is 4.41. The molecular formula is C20H40Cl2N4O2. The van der Waals surface area contributed by atoms with Crippen molar-refractivity contribution in [1.29, 1.82) is 0 Å². The highest BCUT2D eigenvalue weighted by Crippen LogP contribution is 2.09. The molecule has 0 saturated carbocycles. The molecule has 0 amide bonds. The topological polar surface area (TPSA) is 53.4 Å². The fourth-order valence-corrected chi connectivity index (χ4v) is 4.30. The van der Waals surface area contributed by atoms with E-state index in [9.17, 15) is 10.2 Å². The second kappa shape index (κ2) is 14.4. The third-order valence-electron chi connectivity index (χ3n) is 5.92. The average molecular weight is 439 g/mol. The highest BCUT2D eigenvalue weighted by molar-refractivity contribution is 6.18. The molecule has 2 rings (SSSR count). The van der Waals surface area contributed by atoms with Crippen molar-refractivity contribution in [3.8, 4) is 0 Å². The first kappa shape index (κ1) is 24.6. The van der Waals surface area contributed by atoms with Crippen molar-refractivity contribution in [3.63, 3.8) is 0 Å². The predicted octanol–water partition coefficient (Wildman–Crippen LogP) is 0.981. The molecule has 8 heteroatoms. The fourth-order valence-electron chi connectivity index (χ4n) is 4.11. The lowest BCUT2D eigenvalue weighted by atomic mass is 10.1. The SMILES string of the molecule is OC(CCl)CN1CCN(CCCCCCN2CCN(CC(O)CCl)CC2)CC1. The Labute approximate surface area is 181 Å². The van der Waals surface area contributed by atoms with Crippen LogP contribution in [0.25, 0.3) is 0 Å². The summed E-state index contributed by atoms with van der Waals surface area (Å²) in [4.78, 5) is 9.75. The molecule has 0 radical (unpaired) electrons. The van der Waals surface area contributed by atoms with Crippen LogP contribution in [0.1, 0.15) is 25.7 Å². The van der Waals surface area contributed by atoms with Gasteiger partial charge in [-0.2, -0.15) is 0 Å². The highest BCUT2D eigenvalue weighted by atomic mass is 35.5. The van der Waals surface area contributed by atoms with Crippen LogP contribution in [-0.2, 0) is 0 Å². The van der Waals surface area contributed by atoms with Gasteiger partial charge in [0.25, 0.3) is 0 Å². The number of rotatable bonds is 13. The maximum Gasteiger partial charge on any atom is 0.0802 e. The molecule has 2 unspecified atom stereocenters. The molecule has 2 fully saturated rings. The number of alkyl halides is 2. The molecule has 6 nitrogen and oxygen atoms in total. The highest BCUT2D eigenvalue weighted by Gasteiger charge is 2.19. The van der Waals surface area contributed by atoms with Gasteiger partial charge in [0.15, 0.2) is 0 Å². The maximum atomic E-state index is 9.64. The van der Waals surface area contributed by atoms with E-state index in [1.165, 1.54) is 38.8 Å². The number of nitrogens with zero attached hydrogens (tertiary/aromatic N) is 4. The van der Waals surface area contributed by atoms with Gasteiger partial charge >= 0.3 is 0 Å². The molecule has 0 aromatic heterocycles. The summed E-state index contributed by atoms with van der Waals surface area (Å²) < 4.78 is 0. The largest absolute Gasteiger partial charge is 0.391 e. The van der Waals surface area contributed by atoms with E-state index in [0.29, 0.717) is 24.8 Å². The van der Waals surface area contributed by atoms with Crippen LogP contribution in [0.2, 0.25) is 0 Å². The van der Waals surface area contributed by atoms with Crippen LogP contribution in [0.15, 0.2) is 0 Å². The summed E-state index contributed by atoms with van der Waals surface area (Å²) in [6.45, 7) is 12.4. The van der Waals surface area contributed by atoms with Crippen molar-refractivity contribution in [2.75, 3.05) is 90.3 Å². The third-order valence-corrected chi connectivity index (χ3v) is 6.64. The Bertz CT molecular complexity index is 356. The monoisotopic (exact) mass is 438 g/mol. The summed E-state index contributed by atoms with van der Waals surface area (Å²) in [5, 5.41) is 19.3. The van der Waals surface area contributed by atoms with Crippen LogP contribution >= 0.6 is 23.2 Å². The first-order chi connectivity index (χ1) is 13.6. The predicted molar refractivity (Wildman–Crippen MR) is 118 cm³/mol. The van der Waals surface area contributed by atoms with Crippen molar-refractivity contribution in [2.24, 2.45) is 0 Å². The molecule has 2 N–H and O–H groups in total. The summed E-state index contributed by atoms with van der Waals surface area (Å²) in [7, 11) is 0. The number of halogens is 2. The molecular weight excluding hydrogens is 399 g/mol. The van der Waals surface area contributed by atoms with Crippen molar-refractivity contribution in [1.82, 2.24) is 19.6 Å². The van der Waals surface area contributed by atoms with Gasteiger partial charge in [0.05, 0.1) is 12.2 Å². The molecule has 166 valence electrons. The lowest BCUT2D eigenvalue weighted by Gasteiger charge is -2.35. The molecule has 2 heterocycles. The van der Waals surface area contributed by atoms with Gasteiger partial charge in [0.2, 0.25) is 0 Å². The standard InChI is InChI=1S/C20H40Cl2N4O2/c21-15-19(27)17-25-11-7-23(8-12-25)5-3-1-2-4-6-24-9-13-26(14-10-24)18-20(28)16-22/h19-20,27-28H,1-18H2. The molecule has 28 heavy (non-hydrogen) atoms. The minimum Gasteiger partial charge on any atom is -0.391 e. The van der Waals surface area contributed by atoms with E-state index in [-0.39, 0.29) is 0 Å². The van der Waals surface area contributed by atoms with Crippen LogP contribution in [0.5, 0.6) is 0 Å². The Balaban J connectivity index is 1.41. The van der Waals surface area contributed by atoms with E-state index in [1.807, 2.05) is 0 Å². The lowest BCUT2D eigenvalue weighted by molar-refractivity contribution is 0.0798. The Morgan fingerprint density at radius 1 is 0.536 bits per heavy atom. The maximum absolute atomic E-state index is 9.64. The Kier molecular flexibility index (Phi) is 12.6. The van der Waals surface area contributed by atoms with Crippen molar-refractivity contribution in [2.45, 2.75) is 37.9 Å². The van der Waals surface area contributed by atoms with Crippen molar-refractivity contribution < 1.29 is 10.2 Å². The van der Waals surface area contributed by atoms with Gasteiger partial charge in [-0.25, -0.2) is 0 Å². The van der Waals surface area contributed by atoms with E-state index in [4.69, 9.17) is 23.2 Å². The zero-order valence-electron chi connectivity index (χ0n) is 17.3. The second-order valence-electron chi connectivity index (χ2n) is 8.31. The molecule has 0 aromatic carbocycles. The Morgan fingerprint density at radius 2 is 0.857 bits per heavy atom. The van der Waals surface area contributed by atoms with E-state index in [0.717, 1.165) is 52.4 Å². The number of hydrogen-bond acceptors (Lipinski definition) is 6. The number of aliphatic hydroxyl groups is 2. The summed E-state index contributed by atoms with van der Waals surface area (Å²) >= 11 is 11.4. The quantitative estimate of drug-likeness (QED) is 0.330. The number of aliphatic hydroxyl groups excluding tert-OH is 2. The zero-order valence-corrected chi connectivity index (χ0v) is 18.8. The molecule has 2 aliphatic rings. The lowest BCUT2D eigenvalue weighted by Crippen LogP contribution is -2.49. The van der Waals surface area contributed by atoms with Gasteiger partial charge in [-0.05, 0) is 25.9 Å². The van der Waals surface area contributed by atoms with Gasteiger partial charge in [0, 0.05) is 77.2 Å². The Morgan fingerprint density at radius 3 is 1.18 bits per heavy atom. The minimum atomic E-state index is -0.395. The van der Waals surface area contributed by atoms with Gasteiger partial charge in [-0.3, -0.25) is 9.80 Å². The number of unbranched alkanes of at least 4 members (excludes halogenated alkanes) is 3. The van der Waals surface area contributed by atoms with Gasteiger partial charge in [-0.15, -0.1) is 23.2 Å². The Hall–Kier alpha value is 0.340. The summed E-state index contributed by atoms with van der Waals surface area (Å²) in [5.41, 5.74) is 0. The molecule has 2 aliphatic heterocycles. The zero-order chi connectivity index (χ0) is 20.2. The minimum absolute atomic E-state index is 0.326. The average Bonchev–Trinajstić information content (AvgIpc) is 2.72. The van der Waals surface area contributed by atoms with Crippen molar-refractivity contribution >= 4 is 23.2 Å². The second-order valence-corrected chi connectivity index (χ2v) is 8.93. The molecule has 0 bridgehead atoms. The van der Waals surface area contributed by atoms with Crippen LogP contribution < -0.4 is 0 Å². The van der Waals surface area contributed by atoms with Crippen molar-refractivity contribution in [3.05, 3.63) is 0 Å². The first-order valence-corrected chi connectivity index (χ1v) is 12.0. The normalized spacial score (nSPS) is 23.1. The molecule has 0 aliphatic carbocycles. The first-order valence-electron chi connectivity index (χ1n) is 11.0. The summed E-state index contributed by atoms with van der Waals surface area (Å²) in [6, 6.07) is 0. The number of hydrogen-bond donors (Lipinski definition) is 2. The number of β-amino-alcohol motifs (C(OH)–C–C–N with tert-alkyl or cyclic N) is 2. The fraction of sp³-hybridized carbons (Fsp3) is 1.00. The van der Waals surface area contributed by atoms with E-state index in [1.54, 1.807) is 0 Å². The van der Waals surface area contributed by atoms with E-state index in [2.05, 4.69) is 19.6 Å². The number of piperazine rings is 2. The van der Waals surface area contributed by atoms with Gasteiger partial charge < -0.3 is 20.0 Å². The van der Waals surface area contributed by atoms with Crippen LogP contribution in [0.3, 0.4) is 0 Å². The van der Waals surface area contributed by atoms with Gasteiger partial charge in [-0.1, -0.05) is 12.8 Å². The molecule has 2 saturated heterocycles. The van der Waals surface area contributed by atoms with E-state index < -0.39 is 12.2 Å². The smallest absolute Gasteiger partial charge is 0.0802 e. The van der Waals surface area contributed by atoms with E-state index >= 15 is 0 Å². The van der Waals surface area contributed by atoms with Crippen LogP contribution in [0.4, 0.5) is 0 Å². The summed E-state index contributed by atoms with van der Waals surface area (Å²) in [5.74, 6) is 0.653. The molecule has 0 spiro atoms. The third kappa shape index (κ3) is 9.90. The molecule has 0 aromatic rings.